The van der Waals surface area contributed by atoms with Crippen molar-refractivity contribution in [2.75, 3.05) is 20.3 Å². The van der Waals surface area contributed by atoms with Gasteiger partial charge in [0.05, 0.1) is 19.4 Å². The Kier molecular flexibility index (Phi) is 5.31. The van der Waals surface area contributed by atoms with Gasteiger partial charge in [-0.1, -0.05) is 17.7 Å². The van der Waals surface area contributed by atoms with Crippen molar-refractivity contribution in [1.82, 2.24) is 15.5 Å². The van der Waals surface area contributed by atoms with E-state index in [0.29, 0.717) is 5.92 Å². The second-order valence-corrected chi connectivity index (χ2v) is 6.17. The van der Waals surface area contributed by atoms with Gasteiger partial charge >= 0.3 is 0 Å². The summed E-state index contributed by atoms with van der Waals surface area (Å²) in [4.78, 5) is 0. The second kappa shape index (κ2) is 7.62. The summed E-state index contributed by atoms with van der Waals surface area (Å²) < 4.78 is 11.4. The molecule has 2 atom stereocenters. The van der Waals surface area contributed by atoms with Crippen LogP contribution in [0.5, 0.6) is 5.75 Å². The van der Waals surface area contributed by atoms with E-state index in [9.17, 15) is 0 Å². The summed E-state index contributed by atoms with van der Waals surface area (Å²) in [6, 6.07) is 6.29. The number of hydrogen-bond donors (Lipinski definition) is 2. The Morgan fingerprint density at radius 1 is 1.43 bits per heavy atom. The maximum absolute atomic E-state index is 5.98. The van der Waals surface area contributed by atoms with E-state index in [1.54, 1.807) is 7.11 Å². The van der Waals surface area contributed by atoms with Crippen LogP contribution in [-0.4, -0.2) is 30.5 Å². The molecule has 1 aliphatic rings. The molecule has 2 N–H and O–H groups in total. The van der Waals surface area contributed by atoms with Crippen LogP contribution in [0.25, 0.3) is 0 Å². The first kappa shape index (κ1) is 16.0. The zero-order valence-electron chi connectivity index (χ0n) is 13.8. The standard InChI is InChI=1S/C18H25N3O2/c1-13-5-6-17(22-2)15(8-13)10-19-9-14-4-3-7-23-18(14)16-11-20-21-12-16/h5-6,8,11-12,14,18-19H,3-4,7,9-10H2,1-2H3,(H,20,21)/t14-,18+/m0/s1. The molecule has 1 saturated heterocycles. The molecule has 2 heterocycles. The fourth-order valence-electron chi connectivity index (χ4n) is 3.27. The van der Waals surface area contributed by atoms with E-state index < -0.39 is 0 Å². The molecule has 1 aromatic carbocycles. The number of ether oxygens (including phenoxy) is 2. The van der Waals surface area contributed by atoms with Gasteiger partial charge in [0.1, 0.15) is 5.75 Å². The lowest BCUT2D eigenvalue weighted by Gasteiger charge is -2.31. The fraction of sp³-hybridized carbons (Fsp3) is 0.500. The van der Waals surface area contributed by atoms with Crippen LogP contribution < -0.4 is 10.1 Å². The van der Waals surface area contributed by atoms with Gasteiger partial charge in [-0.2, -0.15) is 5.10 Å². The number of nitrogens with zero attached hydrogens (tertiary/aromatic N) is 1. The Balaban J connectivity index is 1.60. The molecule has 1 fully saturated rings. The largest absolute Gasteiger partial charge is 0.496 e. The lowest BCUT2D eigenvalue weighted by molar-refractivity contribution is -0.0278. The summed E-state index contributed by atoms with van der Waals surface area (Å²) in [5, 5.41) is 10.5. The first-order valence-electron chi connectivity index (χ1n) is 8.22. The lowest BCUT2D eigenvalue weighted by atomic mass is 9.91. The summed E-state index contributed by atoms with van der Waals surface area (Å²) in [6.07, 6.45) is 6.23. The Hall–Kier alpha value is -1.85. The van der Waals surface area contributed by atoms with Crippen molar-refractivity contribution in [1.29, 1.82) is 0 Å². The quantitative estimate of drug-likeness (QED) is 0.860. The van der Waals surface area contributed by atoms with E-state index >= 15 is 0 Å². The predicted molar refractivity (Wildman–Crippen MR) is 89.4 cm³/mol. The molecule has 5 nitrogen and oxygen atoms in total. The molecule has 23 heavy (non-hydrogen) atoms. The highest BCUT2D eigenvalue weighted by Gasteiger charge is 2.27. The van der Waals surface area contributed by atoms with Crippen molar-refractivity contribution in [3.8, 4) is 5.75 Å². The summed E-state index contributed by atoms with van der Waals surface area (Å²) >= 11 is 0. The van der Waals surface area contributed by atoms with Gasteiger partial charge in [0.2, 0.25) is 0 Å². The molecule has 1 aromatic heterocycles. The van der Waals surface area contributed by atoms with E-state index in [1.165, 1.54) is 17.5 Å². The lowest BCUT2D eigenvalue weighted by Crippen LogP contribution is -2.31. The Morgan fingerprint density at radius 2 is 2.35 bits per heavy atom. The van der Waals surface area contributed by atoms with Gasteiger partial charge in [0.25, 0.3) is 0 Å². The summed E-state index contributed by atoms with van der Waals surface area (Å²) in [5.41, 5.74) is 3.59. The molecule has 0 spiro atoms. The highest BCUT2D eigenvalue weighted by Crippen LogP contribution is 2.32. The highest BCUT2D eigenvalue weighted by atomic mass is 16.5. The summed E-state index contributed by atoms with van der Waals surface area (Å²) in [5.74, 6) is 1.41. The zero-order chi connectivity index (χ0) is 16.1. The highest BCUT2D eigenvalue weighted by molar-refractivity contribution is 5.36. The van der Waals surface area contributed by atoms with Crippen molar-refractivity contribution in [3.05, 3.63) is 47.3 Å². The summed E-state index contributed by atoms with van der Waals surface area (Å²) in [6.45, 7) is 4.66. The van der Waals surface area contributed by atoms with Crippen LogP contribution in [0.3, 0.4) is 0 Å². The number of rotatable bonds is 6. The van der Waals surface area contributed by atoms with Gasteiger partial charge in [-0.25, -0.2) is 0 Å². The monoisotopic (exact) mass is 315 g/mol. The van der Waals surface area contributed by atoms with Gasteiger partial charge in [0.15, 0.2) is 0 Å². The third kappa shape index (κ3) is 3.92. The van der Waals surface area contributed by atoms with Gasteiger partial charge in [-0.3, -0.25) is 5.10 Å². The first-order valence-corrected chi connectivity index (χ1v) is 8.22. The van der Waals surface area contributed by atoms with Crippen molar-refractivity contribution in [3.63, 3.8) is 0 Å². The van der Waals surface area contributed by atoms with Crippen LogP contribution in [0.4, 0.5) is 0 Å². The minimum absolute atomic E-state index is 0.134. The van der Waals surface area contributed by atoms with Crippen molar-refractivity contribution < 1.29 is 9.47 Å². The van der Waals surface area contributed by atoms with Crippen molar-refractivity contribution in [2.24, 2.45) is 5.92 Å². The third-order valence-electron chi connectivity index (χ3n) is 4.45. The first-order chi connectivity index (χ1) is 11.3. The minimum atomic E-state index is 0.134. The van der Waals surface area contributed by atoms with Crippen LogP contribution in [0, 0.1) is 12.8 Å². The van der Waals surface area contributed by atoms with Gasteiger partial charge in [-0.15, -0.1) is 0 Å². The molecule has 0 radical (unpaired) electrons. The minimum Gasteiger partial charge on any atom is -0.496 e. The number of H-pyrrole nitrogens is 1. The Labute approximate surface area is 137 Å². The molecule has 0 bridgehead atoms. The number of aromatic nitrogens is 2. The SMILES string of the molecule is COc1ccc(C)cc1CNC[C@@H]1CCCO[C@H]1c1cn[nH]c1. The summed E-state index contributed by atoms with van der Waals surface area (Å²) in [7, 11) is 1.72. The van der Waals surface area contributed by atoms with Gasteiger partial charge < -0.3 is 14.8 Å². The topological polar surface area (TPSA) is 59.2 Å². The van der Waals surface area contributed by atoms with Gasteiger partial charge in [-0.05, 0) is 25.8 Å². The number of methoxy groups -OCH3 is 1. The molecule has 1 aliphatic heterocycles. The van der Waals surface area contributed by atoms with E-state index in [1.807, 2.05) is 18.5 Å². The normalized spacial score (nSPS) is 21.3. The zero-order valence-corrected chi connectivity index (χ0v) is 13.8. The van der Waals surface area contributed by atoms with E-state index in [0.717, 1.165) is 37.4 Å². The smallest absolute Gasteiger partial charge is 0.123 e. The van der Waals surface area contributed by atoms with Crippen LogP contribution in [0.15, 0.2) is 30.6 Å². The van der Waals surface area contributed by atoms with Crippen molar-refractivity contribution >= 4 is 0 Å². The average Bonchev–Trinajstić information content (AvgIpc) is 3.10. The molecule has 0 saturated carbocycles. The number of aryl methyl sites for hydroxylation is 1. The molecule has 0 aliphatic carbocycles. The van der Waals surface area contributed by atoms with E-state index in [2.05, 4.69) is 34.6 Å². The third-order valence-corrected chi connectivity index (χ3v) is 4.45. The maximum Gasteiger partial charge on any atom is 0.123 e. The molecule has 2 aromatic rings. The number of nitrogens with one attached hydrogen (secondary N) is 2. The Morgan fingerprint density at radius 3 is 3.13 bits per heavy atom. The average molecular weight is 315 g/mol. The van der Waals surface area contributed by atoms with Crippen LogP contribution in [-0.2, 0) is 11.3 Å². The molecule has 124 valence electrons. The van der Waals surface area contributed by atoms with E-state index in [4.69, 9.17) is 9.47 Å². The second-order valence-electron chi connectivity index (χ2n) is 6.17. The number of benzene rings is 1. The molecular formula is C18H25N3O2. The molecular weight excluding hydrogens is 290 g/mol. The number of aromatic amines is 1. The number of hydrogen-bond acceptors (Lipinski definition) is 4. The predicted octanol–water partition coefficient (Wildman–Crippen LogP) is 2.98. The molecule has 5 heteroatoms. The maximum atomic E-state index is 5.98. The molecule has 3 rings (SSSR count). The van der Waals surface area contributed by atoms with Gasteiger partial charge in [0, 0.05) is 42.9 Å². The van der Waals surface area contributed by atoms with E-state index in [-0.39, 0.29) is 6.10 Å². The van der Waals surface area contributed by atoms with Crippen LogP contribution in [0.2, 0.25) is 0 Å². The molecule has 0 unspecified atom stereocenters. The fourth-order valence-corrected chi connectivity index (χ4v) is 3.27. The Bertz CT molecular complexity index is 613. The van der Waals surface area contributed by atoms with Crippen LogP contribution in [0.1, 0.15) is 35.6 Å². The van der Waals surface area contributed by atoms with Crippen molar-refractivity contribution in [2.45, 2.75) is 32.4 Å². The van der Waals surface area contributed by atoms with Crippen LogP contribution >= 0.6 is 0 Å². The molecule has 0 amide bonds.